The van der Waals surface area contributed by atoms with Gasteiger partial charge in [0.15, 0.2) is 0 Å². The Hall–Kier alpha value is -1.65. The lowest BCUT2D eigenvalue weighted by Crippen LogP contribution is -2.43. The van der Waals surface area contributed by atoms with Crippen LogP contribution in [0.5, 0.6) is 0 Å². The molecular formula is C12H17N3O2. The van der Waals surface area contributed by atoms with Gasteiger partial charge in [-0.2, -0.15) is 0 Å². The molecule has 5 nitrogen and oxygen atoms in total. The quantitative estimate of drug-likeness (QED) is 0.786. The SMILES string of the molecule is CC1CC(C)CN(C(=O)c2c[nH]c(=O)cn2)C1. The van der Waals surface area contributed by atoms with E-state index in [0.29, 0.717) is 17.5 Å². The summed E-state index contributed by atoms with van der Waals surface area (Å²) in [7, 11) is 0. The van der Waals surface area contributed by atoms with Crippen LogP contribution in [0.15, 0.2) is 17.2 Å². The number of aromatic nitrogens is 2. The fourth-order valence-corrected chi connectivity index (χ4v) is 2.45. The van der Waals surface area contributed by atoms with E-state index in [1.807, 2.05) is 4.90 Å². The molecule has 0 spiro atoms. The maximum atomic E-state index is 12.1. The van der Waals surface area contributed by atoms with Gasteiger partial charge in [0.2, 0.25) is 0 Å². The summed E-state index contributed by atoms with van der Waals surface area (Å²) < 4.78 is 0. The highest BCUT2D eigenvalue weighted by molar-refractivity contribution is 5.92. The molecule has 1 N–H and O–H groups in total. The fraction of sp³-hybridized carbons (Fsp3) is 0.583. The first kappa shape index (κ1) is 11.8. The van der Waals surface area contributed by atoms with Gasteiger partial charge in [0.05, 0.1) is 6.20 Å². The van der Waals surface area contributed by atoms with Crippen molar-refractivity contribution < 1.29 is 4.79 Å². The van der Waals surface area contributed by atoms with Gasteiger partial charge in [0.1, 0.15) is 5.69 Å². The summed E-state index contributed by atoms with van der Waals surface area (Å²) in [5.74, 6) is 0.940. The largest absolute Gasteiger partial charge is 0.337 e. The molecule has 1 aromatic rings. The lowest BCUT2D eigenvalue weighted by molar-refractivity contribution is 0.0616. The number of carbonyl (C=O) groups is 1. The number of hydrogen-bond donors (Lipinski definition) is 1. The van der Waals surface area contributed by atoms with E-state index in [4.69, 9.17) is 0 Å². The molecule has 0 aromatic carbocycles. The van der Waals surface area contributed by atoms with Gasteiger partial charge in [0.25, 0.3) is 11.5 Å². The summed E-state index contributed by atoms with van der Waals surface area (Å²) in [5.41, 5.74) is 0.0211. The number of hydrogen-bond acceptors (Lipinski definition) is 3. The highest BCUT2D eigenvalue weighted by Crippen LogP contribution is 2.21. The zero-order chi connectivity index (χ0) is 12.4. The van der Waals surface area contributed by atoms with E-state index in [1.54, 1.807) is 0 Å². The lowest BCUT2D eigenvalue weighted by atomic mass is 9.92. The van der Waals surface area contributed by atoms with Crippen molar-refractivity contribution in [1.29, 1.82) is 0 Å². The first-order valence-corrected chi connectivity index (χ1v) is 5.90. The molecule has 2 atom stereocenters. The minimum atomic E-state index is -0.290. The van der Waals surface area contributed by atoms with E-state index in [9.17, 15) is 9.59 Å². The lowest BCUT2D eigenvalue weighted by Gasteiger charge is -2.34. The topological polar surface area (TPSA) is 66.1 Å². The number of nitrogens with one attached hydrogen (secondary N) is 1. The van der Waals surface area contributed by atoms with Crippen LogP contribution < -0.4 is 5.56 Å². The van der Waals surface area contributed by atoms with Crippen molar-refractivity contribution in [3.8, 4) is 0 Å². The second-order valence-corrected chi connectivity index (χ2v) is 4.95. The molecule has 1 amide bonds. The van der Waals surface area contributed by atoms with Crippen molar-refractivity contribution in [2.24, 2.45) is 11.8 Å². The van der Waals surface area contributed by atoms with E-state index in [0.717, 1.165) is 25.7 Å². The molecule has 2 heterocycles. The van der Waals surface area contributed by atoms with Crippen molar-refractivity contribution >= 4 is 5.91 Å². The van der Waals surface area contributed by atoms with Gasteiger partial charge in [-0.15, -0.1) is 0 Å². The molecule has 1 aliphatic rings. The van der Waals surface area contributed by atoms with Crippen LogP contribution in [0.4, 0.5) is 0 Å². The molecule has 1 fully saturated rings. The fourth-order valence-electron chi connectivity index (χ4n) is 2.45. The van der Waals surface area contributed by atoms with Crippen LogP contribution in [-0.4, -0.2) is 33.9 Å². The van der Waals surface area contributed by atoms with Gasteiger partial charge in [0, 0.05) is 19.3 Å². The van der Waals surface area contributed by atoms with Crippen LogP contribution in [0.2, 0.25) is 0 Å². The van der Waals surface area contributed by atoms with Crippen LogP contribution in [0.3, 0.4) is 0 Å². The van der Waals surface area contributed by atoms with E-state index in [-0.39, 0.29) is 11.5 Å². The van der Waals surface area contributed by atoms with E-state index >= 15 is 0 Å². The summed E-state index contributed by atoms with van der Waals surface area (Å²) >= 11 is 0. The molecule has 0 radical (unpaired) electrons. The van der Waals surface area contributed by atoms with Crippen LogP contribution in [0.25, 0.3) is 0 Å². The van der Waals surface area contributed by atoms with Gasteiger partial charge in [-0.3, -0.25) is 9.59 Å². The smallest absolute Gasteiger partial charge is 0.273 e. The average Bonchev–Trinajstić information content (AvgIpc) is 2.28. The molecule has 17 heavy (non-hydrogen) atoms. The Bertz CT molecular complexity index is 439. The first-order chi connectivity index (χ1) is 8.06. The number of carbonyl (C=O) groups excluding carboxylic acids is 1. The molecule has 1 saturated heterocycles. The predicted octanol–water partition coefficient (Wildman–Crippen LogP) is 0.888. The summed E-state index contributed by atoms with van der Waals surface area (Å²) in [5, 5.41) is 0. The molecule has 2 rings (SSSR count). The van der Waals surface area contributed by atoms with Crippen molar-refractivity contribution in [3.63, 3.8) is 0 Å². The molecule has 1 aromatic heterocycles. The number of likely N-dealkylation sites (tertiary alicyclic amines) is 1. The van der Waals surface area contributed by atoms with Crippen LogP contribution in [0.1, 0.15) is 30.8 Å². The van der Waals surface area contributed by atoms with Crippen molar-refractivity contribution in [3.05, 3.63) is 28.4 Å². The average molecular weight is 235 g/mol. The number of piperidine rings is 1. The zero-order valence-corrected chi connectivity index (χ0v) is 10.1. The number of rotatable bonds is 1. The minimum absolute atomic E-state index is 0.0975. The Kier molecular flexibility index (Phi) is 3.26. The third kappa shape index (κ3) is 2.72. The van der Waals surface area contributed by atoms with Crippen molar-refractivity contribution in [2.45, 2.75) is 20.3 Å². The maximum absolute atomic E-state index is 12.1. The highest BCUT2D eigenvalue weighted by Gasteiger charge is 2.26. The number of amides is 1. The van der Waals surface area contributed by atoms with Crippen molar-refractivity contribution in [1.82, 2.24) is 14.9 Å². The van der Waals surface area contributed by atoms with E-state index < -0.39 is 0 Å². The number of H-pyrrole nitrogens is 1. The predicted molar refractivity (Wildman–Crippen MR) is 63.7 cm³/mol. The third-order valence-corrected chi connectivity index (χ3v) is 3.05. The highest BCUT2D eigenvalue weighted by atomic mass is 16.2. The van der Waals surface area contributed by atoms with Gasteiger partial charge < -0.3 is 9.88 Å². The van der Waals surface area contributed by atoms with Gasteiger partial charge >= 0.3 is 0 Å². The molecule has 92 valence electrons. The zero-order valence-electron chi connectivity index (χ0n) is 10.1. The number of nitrogens with zero attached hydrogens (tertiary/aromatic N) is 2. The third-order valence-electron chi connectivity index (χ3n) is 3.05. The summed E-state index contributed by atoms with van der Waals surface area (Å²) in [6.45, 7) is 5.83. The Labute approximate surface area is 99.9 Å². The molecule has 2 unspecified atom stereocenters. The molecular weight excluding hydrogens is 218 g/mol. The Morgan fingerprint density at radius 1 is 1.41 bits per heavy atom. The number of aromatic amines is 1. The Morgan fingerprint density at radius 2 is 2.06 bits per heavy atom. The van der Waals surface area contributed by atoms with Crippen LogP contribution in [0, 0.1) is 11.8 Å². The van der Waals surface area contributed by atoms with E-state index in [1.165, 1.54) is 6.20 Å². The monoisotopic (exact) mass is 235 g/mol. The van der Waals surface area contributed by atoms with E-state index in [2.05, 4.69) is 23.8 Å². The Balaban J connectivity index is 2.14. The second kappa shape index (κ2) is 4.69. The Morgan fingerprint density at radius 3 is 2.59 bits per heavy atom. The molecule has 5 heteroatoms. The van der Waals surface area contributed by atoms with Crippen LogP contribution in [-0.2, 0) is 0 Å². The maximum Gasteiger partial charge on any atom is 0.273 e. The summed E-state index contributed by atoms with van der Waals surface area (Å²) in [6, 6.07) is 0. The summed E-state index contributed by atoms with van der Waals surface area (Å²) in [6.07, 6.45) is 3.68. The normalized spacial score (nSPS) is 24.7. The molecule has 0 bridgehead atoms. The van der Waals surface area contributed by atoms with Gasteiger partial charge in [-0.1, -0.05) is 13.8 Å². The molecule has 0 aliphatic carbocycles. The van der Waals surface area contributed by atoms with Gasteiger partial charge in [-0.05, 0) is 18.3 Å². The van der Waals surface area contributed by atoms with Crippen LogP contribution >= 0.6 is 0 Å². The standard InChI is InChI=1S/C12H17N3O2/c1-8-3-9(2)7-15(6-8)12(17)10-4-14-11(16)5-13-10/h4-5,8-9H,3,6-7H2,1-2H3,(H,14,16). The summed E-state index contributed by atoms with van der Waals surface area (Å²) in [4.78, 5) is 31.2. The minimum Gasteiger partial charge on any atom is -0.337 e. The van der Waals surface area contributed by atoms with Crippen molar-refractivity contribution in [2.75, 3.05) is 13.1 Å². The molecule has 1 aliphatic heterocycles. The van der Waals surface area contributed by atoms with Gasteiger partial charge in [-0.25, -0.2) is 4.98 Å². The molecule has 0 saturated carbocycles. The second-order valence-electron chi connectivity index (χ2n) is 4.95. The first-order valence-electron chi connectivity index (χ1n) is 5.90.